The number of rotatable bonds is 7. The molecule has 1 rings (SSSR count). The first-order valence-corrected chi connectivity index (χ1v) is 9.06. The van der Waals surface area contributed by atoms with Crippen molar-refractivity contribution in [3.8, 4) is 0 Å². The van der Waals surface area contributed by atoms with E-state index in [0.717, 1.165) is 5.56 Å². The number of nitrogens with zero attached hydrogens (tertiary/aromatic N) is 1. The van der Waals surface area contributed by atoms with Gasteiger partial charge in [-0.25, -0.2) is 9.59 Å². The first-order valence-electron chi connectivity index (χ1n) is 9.06. The van der Waals surface area contributed by atoms with Gasteiger partial charge in [0.15, 0.2) is 6.04 Å². The highest BCUT2D eigenvalue weighted by Crippen LogP contribution is 2.15. The second-order valence-corrected chi connectivity index (χ2v) is 7.53. The zero-order valence-electron chi connectivity index (χ0n) is 17.3. The van der Waals surface area contributed by atoms with Crippen molar-refractivity contribution >= 4 is 18.0 Å². The quantitative estimate of drug-likeness (QED) is 0.684. The van der Waals surface area contributed by atoms with Crippen molar-refractivity contribution < 1.29 is 29.0 Å². The minimum absolute atomic E-state index is 0.0602. The minimum atomic E-state index is -1.22. The Bertz CT molecular complexity index is 669. The van der Waals surface area contributed by atoms with Crippen molar-refractivity contribution in [2.24, 2.45) is 0 Å². The van der Waals surface area contributed by atoms with E-state index in [1.54, 1.807) is 45.0 Å². The lowest BCUT2D eigenvalue weighted by Gasteiger charge is -2.34. The number of hydrogen-bond acceptors (Lipinski definition) is 6. The molecule has 0 unspecified atom stereocenters. The van der Waals surface area contributed by atoms with Crippen LogP contribution in [0.2, 0.25) is 0 Å². The van der Waals surface area contributed by atoms with Crippen molar-refractivity contribution in [3.63, 3.8) is 0 Å². The Labute approximate surface area is 165 Å². The molecular weight excluding hydrogens is 364 g/mol. The molecule has 0 bridgehead atoms. The second-order valence-electron chi connectivity index (χ2n) is 7.53. The molecule has 0 spiro atoms. The summed E-state index contributed by atoms with van der Waals surface area (Å²) in [6.45, 7) is 8.08. The molecule has 0 radical (unpaired) electrons. The van der Waals surface area contributed by atoms with Gasteiger partial charge in [0, 0.05) is 6.54 Å². The van der Waals surface area contributed by atoms with Crippen molar-refractivity contribution in [2.45, 2.75) is 65.0 Å². The van der Waals surface area contributed by atoms with Crippen LogP contribution < -0.4 is 5.32 Å². The lowest BCUT2D eigenvalue weighted by atomic mass is 10.1. The Hall–Kier alpha value is -2.61. The maximum absolute atomic E-state index is 13.1. The highest BCUT2D eigenvalue weighted by molar-refractivity contribution is 5.89. The fraction of sp³-hybridized carbons (Fsp3) is 0.550. The summed E-state index contributed by atoms with van der Waals surface area (Å²) < 4.78 is 9.94. The van der Waals surface area contributed by atoms with Gasteiger partial charge < -0.3 is 24.8 Å². The van der Waals surface area contributed by atoms with Crippen LogP contribution in [-0.4, -0.2) is 58.9 Å². The maximum atomic E-state index is 13.1. The number of esters is 1. The van der Waals surface area contributed by atoms with E-state index in [1.807, 2.05) is 6.07 Å². The lowest BCUT2D eigenvalue weighted by Crippen LogP contribution is -2.56. The molecule has 0 aliphatic rings. The Balaban J connectivity index is 3.09. The number of carbonyl (C=O) groups excluding carboxylic acids is 3. The molecule has 8 nitrogen and oxygen atoms in total. The predicted octanol–water partition coefficient (Wildman–Crippen LogP) is 1.85. The van der Waals surface area contributed by atoms with E-state index in [4.69, 9.17) is 9.47 Å². The Morgan fingerprint density at radius 2 is 1.71 bits per heavy atom. The molecule has 0 saturated carbocycles. The molecule has 0 aromatic heterocycles. The molecule has 0 heterocycles. The van der Waals surface area contributed by atoms with E-state index in [1.165, 1.54) is 25.9 Å². The normalized spacial score (nSPS) is 14.4. The Morgan fingerprint density at radius 3 is 2.18 bits per heavy atom. The molecular formula is C20H30N2O6. The van der Waals surface area contributed by atoms with E-state index in [9.17, 15) is 19.5 Å². The van der Waals surface area contributed by atoms with E-state index in [-0.39, 0.29) is 6.54 Å². The summed E-state index contributed by atoms with van der Waals surface area (Å²) in [5.74, 6) is -1.30. The monoisotopic (exact) mass is 394 g/mol. The molecule has 1 aromatic carbocycles. The molecule has 28 heavy (non-hydrogen) atoms. The number of aliphatic hydroxyl groups is 1. The largest absolute Gasteiger partial charge is 0.467 e. The third-order valence-electron chi connectivity index (χ3n) is 3.82. The molecule has 0 fully saturated rings. The predicted molar refractivity (Wildman–Crippen MR) is 103 cm³/mol. The van der Waals surface area contributed by atoms with Crippen molar-refractivity contribution in [2.75, 3.05) is 7.11 Å². The first-order chi connectivity index (χ1) is 13.0. The van der Waals surface area contributed by atoms with Gasteiger partial charge in [-0.1, -0.05) is 30.3 Å². The van der Waals surface area contributed by atoms with Crippen molar-refractivity contribution in [3.05, 3.63) is 35.9 Å². The van der Waals surface area contributed by atoms with Crippen LogP contribution in [0.25, 0.3) is 0 Å². The SMILES string of the molecule is COC(=O)[C@@H]([C@H](C)O)N(Cc1ccccc1)C(=O)[C@@H](C)NC(=O)OC(C)(C)C. The van der Waals surface area contributed by atoms with Crippen molar-refractivity contribution in [1.29, 1.82) is 0 Å². The average Bonchev–Trinajstić information content (AvgIpc) is 2.59. The van der Waals surface area contributed by atoms with Gasteiger partial charge in [0.2, 0.25) is 5.91 Å². The third kappa shape index (κ3) is 7.19. The molecule has 156 valence electrons. The van der Waals surface area contributed by atoms with Gasteiger partial charge in [0.25, 0.3) is 0 Å². The number of methoxy groups -OCH3 is 1. The number of ether oxygens (including phenoxy) is 2. The van der Waals surface area contributed by atoms with Gasteiger partial charge in [0.1, 0.15) is 11.6 Å². The molecule has 2 amide bonds. The van der Waals surface area contributed by atoms with E-state index >= 15 is 0 Å². The highest BCUT2D eigenvalue weighted by atomic mass is 16.6. The summed E-state index contributed by atoms with van der Waals surface area (Å²) in [4.78, 5) is 38.5. The summed E-state index contributed by atoms with van der Waals surface area (Å²) in [5, 5.41) is 12.6. The second kappa shape index (κ2) is 10.1. The zero-order chi connectivity index (χ0) is 21.5. The van der Waals surface area contributed by atoms with Crippen LogP contribution in [0.1, 0.15) is 40.2 Å². The first kappa shape index (κ1) is 23.4. The van der Waals surface area contributed by atoms with Gasteiger partial charge in [-0.05, 0) is 40.2 Å². The number of aliphatic hydroxyl groups excluding tert-OH is 1. The summed E-state index contributed by atoms with van der Waals surface area (Å²) in [5.41, 5.74) is 0.0416. The van der Waals surface area contributed by atoms with Crippen molar-refractivity contribution in [1.82, 2.24) is 10.2 Å². The molecule has 0 aliphatic carbocycles. The van der Waals surface area contributed by atoms with Crippen LogP contribution in [0.3, 0.4) is 0 Å². The Kier molecular flexibility index (Phi) is 8.43. The van der Waals surface area contributed by atoms with Crippen LogP contribution in [0, 0.1) is 0 Å². The summed E-state index contributed by atoms with van der Waals surface area (Å²) in [6, 6.07) is 6.82. The van der Waals surface area contributed by atoms with Gasteiger partial charge >= 0.3 is 12.1 Å². The number of carbonyl (C=O) groups is 3. The van der Waals surface area contributed by atoms with Crippen LogP contribution in [-0.2, 0) is 25.6 Å². The topological polar surface area (TPSA) is 105 Å². The van der Waals surface area contributed by atoms with Gasteiger partial charge in [0.05, 0.1) is 13.2 Å². The van der Waals surface area contributed by atoms with Gasteiger partial charge in [-0.15, -0.1) is 0 Å². The molecule has 2 N–H and O–H groups in total. The van der Waals surface area contributed by atoms with Crippen LogP contribution >= 0.6 is 0 Å². The molecule has 0 aliphatic heterocycles. The maximum Gasteiger partial charge on any atom is 0.408 e. The fourth-order valence-corrected chi connectivity index (χ4v) is 2.59. The number of benzene rings is 1. The summed E-state index contributed by atoms with van der Waals surface area (Å²) in [6.07, 6.45) is -1.92. The molecule has 0 saturated heterocycles. The number of alkyl carbamates (subject to hydrolysis) is 1. The summed E-state index contributed by atoms with van der Waals surface area (Å²) in [7, 11) is 1.19. The standard InChI is InChI=1S/C20H30N2O6/c1-13(21-19(26)28-20(3,4)5)17(24)22(12-15-10-8-7-9-11-15)16(14(2)23)18(25)27-6/h7-11,13-14,16,23H,12H2,1-6H3,(H,21,26)/t13-,14+,16-/m1/s1. The number of hydrogen-bond donors (Lipinski definition) is 2. The molecule has 1 aromatic rings. The lowest BCUT2D eigenvalue weighted by molar-refractivity contribution is -0.158. The average molecular weight is 394 g/mol. The van der Waals surface area contributed by atoms with Crippen LogP contribution in [0.4, 0.5) is 4.79 Å². The fourth-order valence-electron chi connectivity index (χ4n) is 2.59. The molecule has 3 atom stereocenters. The van der Waals surface area contributed by atoms with E-state index < -0.39 is 41.8 Å². The van der Waals surface area contributed by atoms with E-state index in [2.05, 4.69) is 5.32 Å². The van der Waals surface area contributed by atoms with Crippen LogP contribution in [0.5, 0.6) is 0 Å². The zero-order valence-corrected chi connectivity index (χ0v) is 17.3. The Morgan fingerprint density at radius 1 is 1.14 bits per heavy atom. The third-order valence-corrected chi connectivity index (χ3v) is 3.82. The van der Waals surface area contributed by atoms with Gasteiger partial charge in [-0.3, -0.25) is 4.79 Å². The number of nitrogens with one attached hydrogen (secondary N) is 1. The summed E-state index contributed by atoms with van der Waals surface area (Å²) >= 11 is 0. The van der Waals surface area contributed by atoms with Crippen LogP contribution in [0.15, 0.2) is 30.3 Å². The molecule has 8 heteroatoms. The van der Waals surface area contributed by atoms with E-state index in [0.29, 0.717) is 0 Å². The highest BCUT2D eigenvalue weighted by Gasteiger charge is 2.37. The smallest absolute Gasteiger partial charge is 0.408 e. The van der Waals surface area contributed by atoms with Gasteiger partial charge in [-0.2, -0.15) is 0 Å². The minimum Gasteiger partial charge on any atom is -0.467 e. The number of amides is 2.